The van der Waals surface area contributed by atoms with Crippen molar-refractivity contribution in [3.8, 4) is 39.6 Å². The first-order valence-corrected chi connectivity index (χ1v) is 14.6. The summed E-state index contributed by atoms with van der Waals surface area (Å²) in [6, 6.07) is 49.8. The number of hydrogen-bond donors (Lipinski definition) is 0. The van der Waals surface area contributed by atoms with Crippen LogP contribution in [-0.4, -0.2) is 24.5 Å². The number of rotatable bonds is 3. The van der Waals surface area contributed by atoms with Crippen LogP contribution in [0.25, 0.3) is 61.4 Å². The topological polar surface area (TPSA) is 59.7 Å². The molecule has 6 nitrogen and oxygen atoms in total. The van der Waals surface area contributed by atoms with E-state index in [2.05, 4.69) is 94.4 Å². The molecule has 0 spiro atoms. The van der Waals surface area contributed by atoms with Crippen LogP contribution >= 0.6 is 0 Å². The van der Waals surface area contributed by atoms with Gasteiger partial charge in [-0.2, -0.15) is 9.97 Å². The molecule has 0 saturated carbocycles. The van der Waals surface area contributed by atoms with Crippen LogP contribution in [0.1, 0.15) is 0 Å². The number of para-hydroxylation sites is 2. The molecule has 1 aliphatic rings. The molecule has 206 valence electrons. The van der Waals surface area contributed by atoms with Gasteiger partial charge in [0, 0.05) is 27.6 Å². The third-order valence-corrected chi connectivity index (χ3v) is 8.19. The molecule has 0 aliphatic carbocycles. The highest BCUT2D eigenvalue weighted by atomic mass is 15.4. The van der Waals surface area contributed by atoms with E-state index >= 15 is 0 Å². The van der Waals surface area contributed by atoms with Gasteiger partial charge >= 0.3 is 0 Å². The van der Waals surface area contributed by atoms with Crippen molar-refractivity contribution in [1.29, 1.82) is 0 Å². The zero-order chi connectivity index (χ0) is 29.0. The van der Waals surface area contributed by atoms with Crippen LogP contribution in [-0.2, 0) is 0 Å². The molecule has 2 aromatic heterocycles. The minimum atomic E-state index is 0.499. The summed E-state index contributed by atoms with van der Waals surface area (Å²) in [5, 5.41) is 2.29. The van der Waals surface area contributed by atoms with Gasteiger partial charge in [-0.25, -0.2) is 14.9 Å². The Bertz CT molecular complexity index is 2290. The van der Waals surface area contributed by atoms with E-state index in [1.165, 1.54) is 0 Å². The van der Waals surface area contributed by atoms with Crippen LogP contribution in [0, 0.1) is 0 Å². The lowest BCUT2D eigenvalue weighted by Crippen LogP contribution is -2.18. The van der Waals surface area contributed by atoms with Gasteiger partial charge in [0.1, 0.15) is 0 Å². The van der Waals surface area contributed by atoms with E-state index in [0.29, 0.717) is 17.6 Å². The van der Waals surface area contributed by atoms with Crippen LogP contribution < -0.4 is 4.90 Å². The van der Waals surface area contributed by atoms with E-state index in [1.54, 1.807) is 0 Å². The Morgan fingerprint density at radius 2 is 1.00 bits per heavy atom. The average Bonchev–Trinajstić information content (AvgIpc) is 3.43. The fraction of sp³-hybridized carbons (Fsp3) is 0. The standard InChI is InChI=1S/C38H24N6/c1-3-14-26(15-4-1)35-40-36(27-16-5-2-6-17-27)42-37(41-35)44-33-22-12-10-20-30(33)29-19-9-11-21-32(29)43-34-28-18-8-7-13-25(28)23-24-31(34)39-38(43)44/h1-24H. The molecule has 0 fully saturated rings. The van der Waals surface area contributed by atoms with Crippen molar-refractivity contribution in [1.82, 2.24) is 24.5 Å². The summed E-state index contributed by atoms with van der Waals surface area (Å²) in [5.74, 6) is 2.42. The maximum Gasteiger partial charge on any atom is 0.241 e. The van der Waals surface area contributed by atoms with E-state index in [-0.39, 0.29) is 0 Å². The highest BCUT2D eigenvalue weighted by Crippen LogP contribution is 2.47. The molecule has 0 saturated heterocycles. The highest BCUT2D eigenvalue weighted by Gasteiger charge is 2.31. The number of hydrogen-bond acceptors (Lipinski definition) is 5. The van der Waals surface area contributed by atoms with E-state index in [1.807, 2.05) is 60.7 Å². The zero-order valence-corrected chi connectivity index (χ0v) is 23.5. The van der Waals surface area contributed by atoms with Gasteiger partial charge in [-0.1, -0.05) is 127 Å². The number of nitrogens with zero attached hydrogens (tertiary/aromatic N) is 6. The van der Waals surface area contributed by atoms with Crippen molar-refractivity contribution < 1.29 is 0 Å². The van der Waals surface area contributed by atoms with Crippen molar-refractivity contribution in [3.63, 3.8) is 0 Å². The monoisotopic (exact) mass is 564 g/mol. The first-order valence-electron chi connectivity index (χ1n) is 14.6. The SMILES string of the molecule is c1ccc(-c2nc(-c3ccccc3)nc(N3c4ccccc4-c4ccccc4-n4c3nc3ccc5ccccc5c34)n2)cc1. The summed E-state index contributed by atoms with van der Waals surface area (Å²) in [6.45, 7) is 0. The predicted octanol–water partition coefficient (Wildman–Crippen LogP) is 9.15. The summed E-state index contributed by atoms with van der Waals surface area (Å²) >= 11 is 0. The molecule has 1 aliphatic heterocycles. The van der Waals surface area contributed by atoms with Gasteiger partial charge in [0.15, 0.2) is 11.6 Å². The lowest BCUT2D eigenvalue weighted by Gasteiger charge is -2.23. The lowest BCUT2D eigenvalue weighted by molar-refractivity contribution is 0.974. The Labute approximate surface area is 253 Å². The minimum Gasteiger partial charge on any atom is -0.277 e. The van der Waals surface area contributed by atoms with Crippen LogP contribution in [0.3, 0.4) is 0 Å². The number of imidazole rings is 1. The molecule has 0 radical (unpaired) electrons. The van der Waals surface area contributed by atoms with Crippen LogP contribution in [0.5, 0.6) is 0 Å². The van der Waals surface area contributed by atoms with Crippen molar-refractivity contribution in [3.05, 3.63) is 146 Å². The molecule has 0 unspecified atom stereocenters. The Hall–Kier alpha value is -6.14. The molecule has 6 aromatic carbocycles. The second-order valence-electron chi connectivity index (χ2n) is 10.8. The number of benzene rings is 6. The average molecular weight is 565 g/mol. The van der Waals surface area contributed by atoms with Gasteiger partial charge in [0.25, 0.3) is 0 Å². The van der Waals surface area contributed by atoms with Crippen molar-refractivity contribution in [2.45, 2.75) is 0 Å². The second-order valence-corrected chi connectivity index (χ2v) is 10.8. The summed E-state index contributed by atoms with van der Waals surface area (Å²) in [7, 11) is 0. The highest BCUT2D eigenvalue weighted by molar-refractivity contribution is 6.08. The predicted molar refractivity (Wildman–Crippen MR) is 177 cm³/mol. The summed E-state index contributed by atoms with van der Waals surface area (Å²) < 4.78 is 2.27. The molecule has 3 heterocycles. The molecule has 6 heteroatoms. The minimum absolute atomic E-state index is 0.499. The molecular formula is C38H24N6. The van der Waals surface area contributed by atoms with Crippen LogP contribution in [0.2, 0.25) is 0 Å². The van der Waals surface area contributed by atoms with Crippen LogP contribution in [0.15, 0.2) is 146 Å². The van der Waals surface area contributed by atoms with Crippen molar-refractivity contribution >= 4 is 39.4 Å². The maximum atomic E-state index is 5.31. The summed E-state index contributed by atoms with van der Waals surface area (Å²) in [4.78, 5) is 22.6. The van der Waals surface area contributed by atoms with Crippen molar-refractivity contribution in [2.75, 3.05) is 4.90 Å². The van der Waals surface area contributed by atoms with Crippen molar-refractivity contribution in [2.24, 2.45) is 0 Å². The van der Waals surface area contributed by atoms with Gasteiger partial charge in [-0.15, -0.1) is 0 Å². The van der Waals surface area contributed by atoms with Crippen LogP contribution in [0.4, 0.5) is 17.6 Å². The number of fused-ring (bicyclic) bond motifs is 9. The number of aromatic nitrogens is 5. The van der Waals surface area contributed by atoms with E-state index in [4.69, 9.17) is 19.9 Å². The van der Waals surface area contributed by atoms with E-state index in [0.717, 1.165) is 61.4 Å². The van der Waals surface area contributed by atoms with Gasteiger partial charge < -0.3 is 0 Å². The molecule has 0 atom stereocenters. The molecular weight excluding hydrogens is 540 g/mol. The Morgan fingerprint density at radius 3 is 1.70 bits per heavy atom. The molecule has 0 bridgehead atoms. The maximum absolute atomic E-state index is 5.31. The lowest BCUT2D eigenvalue weighted by atomic mass is 10.0. The van der Waals surface area contributed by atoms with E-state index in [9.17, 15) is 0 Å². The second kappa shape index (κ2) is 9.71. The third kappa shape index (κ3) is 3.75. The zero-order valence-electron chi connectivity index (χ0n) is 23.5. The largest absolute Gasteiger partial charge is 0.277 e. The molecule has 0 N–H and O–H groups in total. The Kier molecular flexibility index (Phi) is 5.40. The number of anilines is 3. The molecule has 44 heavy (non-hydrogen) atoms. The Balaban J connectivity index is 1.42. The van der Waals surface area contributed by atoms with Gasteiger partial charge in [-0.3, -0.25) is 4.57 Å². The van der Waals surface area contributed by atoms with Gasteiger partial charge in [0.2, 0.25) is 11.9 Å². The van der Waals surface area contributed by atoms with Gasteiger partial charge in [0.05, 0.1) is 22.4 Å². The summed E-state index contributed by atoms with van der Waals surface area (Å²) in [5.41, 5.74) is 7.96. The normalized spacial score (nSPS) is 12.0. The quantitative estimate of drug-likeness (QED) is 0.214. The fourth-order valence-electron chi connectivity index (χ4n) is 6.20. The van der Waals surface area contributed by atoms with E-state index < -0.39 is 0 Å². The Morgan fingerprint density at radius 1 is 0.432 bits per heavy atom. The van der Waals surface area contributed by atoms with Gasteiger partial charge in [-0.05, 0) is 23.6 Å². The first-order chi connectivity index (χ1) is 21.8. The fourth-order valence-corrected chi connectivity index (χ4v) is 6.20. The first kappa shape index (κ1) is 24.5. The molecule has 8 aromatic rings. The smallest absolute Gasteiger partial charge is 0.241 e. The summed E-state index contributed by atoms with van der Waals surface area (Å²) in [6.07, 6.45) is 0. The molecule has 0 amide bonds. The molecule has 9 rings (SSSR count). The third-order valence-electron chi connectivity index (χ3n) is 8.19.